The Labute approximate surface area is 196 Å². The van der Waals surface area contributed by atoms with E-state index in [-0.39, 0.29) is 34.5 Å². The van der Waals surface area contributed by atoms with E-state index in [1.165, 1.54) is 18.2 Å². The molecule has 1 aliphatic carbocycles. The summed E-state index contributed by atoms with van der Waals surface area (Å²) < 4.78 is 101. The Morgan fingerprint density at radius 2 is 1.43 bits per heavy atom. The van der Waals surface area contributed by atoms with Crippen LogP contribution in [0.2, 0.25) is 0 Å². The molecule has 0 heterocycles. The lowest BCUT2D eigenvalue weighted by Gasteiger charge is -2.21. The molecule has 1 aliphatic rings. The molecule has 4 rings (SSSR count). The highest BCUT2D eigenvalue weighted by molar-refractivity contribution is 5.91. The van der Waals surface area contributed by atoms with Gasteiger partial charge >= 0.3 is 0 Å². The highest BCUT2D eigenvalue weighted by Crippen LogP contribution is 2.41. The molecular weight excluding hydrogens is 471 g/mol. The van der Waals surface area contributed by atoms with Crippen LogP contribution in [0.1, 0.15) is 28.7 Å². The van der Waals surface area contributed by atoms with Crippen LogP contribution in [0, 0.1) is 48.8 Å². The van der Waals surface area contributed by atoms with Gasteiger partial charge in [-0.25, -0.2) is 30.7 Å². The van der Waals surface area contributed by atoms with Crippen LogP contribution < -0.4 is 5.32 Å². The molecule has 0 fully saturated rings. The Kier molecular flexibility index (Phi) is 6.56. The van der Waals surface area contributed by atoms with E-state index in [9.17, 15) is 22.0 Å². The van der Waals surface area contributed by atoms with Gasteiger partial charge in [0.05, 0.1) is 11.3 Å². The fraction of sp³-hybridized carbons (Fsp3) is 0.111. The third kappa shape index (κ3) is 4.60. The Bertz CT molecular complexity index is 1400. The van der Waals surface area contributed by atoms with E-state index < -0.39 is 51.9 Å². The van der Waals surface area contributed by atoms with Crippen LogP contribution >= 0.6 is 0 Å². The largest absolute Gasteiger partial charge is 0.353 e. The van der Waals surface area contributed by atoms with Gasteiger partial charge in [-0.3, -0.25) is 0 Å². The van der Waals surface area contributed by atoms with Crippen LogP contribution in [-0.2, 0) is 0 Å². The summed E-state index contributed by atoms with van der Waals surface area (Å²) in [6.45, 7) is 2.56. The van der Waals surface area contributed by atoms with Crippen LogP contribution in [0.25, 0.3) is 5.57 Å². The van der Waals surface area contributed by atoms with E-state index in [1.54, 1.807) is 13.0 Å². The van der Waals surface area contributed by atoms with Crippen molar-refractivity contribution in [1.82, 2.24) is 0 Å². The second kappa shape index (κ2) is 9.44. The normalized spacial score (nSPS) is 14.7. The van der Waals surface area contributed by atoms with E-state index in [4.69, 9.17) is 0 Å². The fourth-order valence-electron chi connectivity index (χ4n) is 3.89. The van der Waals surface area contributed by atoms with E-state index in [1.807, 2.05) is 0 Å². The van der Waals surface area contributed by atoms with Crippen LogP contribution in [0.3, 0.4) is 0 Å². The van der Waals surface area contributed by atoms with Gasteiger partial charge in [0.1, 0.15) is 17.5 Å². The molecule has 0 aromatic heterocycles. The van der Waals surface area contributed by atoms with Gasteiger partial charge in [-0.2, -0.15) is 0 Å². The Hall–Kier alpha value is -3.81. The predicted octanol–water partition coefficient (Wildman–Crippen LogP) is 8.50. The summed E-state index contributed by atoms with van der Waals surface area (Å²) in [7, 11) is 0. The van der Waals surface area contributed by atoms with Crippen molar-refractivity contribution in [3.8, 4) is 0 Å². The van der Waals surface area contributed by atoms with Crippen LogP contribution in [0.5, 0.6) is 0 Å². The summed E-state index contributed by atoms with van der Waals surface area (Å²) in [6, 6.07) is 7.30. The molecule has 1 nitrogen and oxygen atoms in total. The highest BCUT2D eigenvalue weighted by atomic mass is 19.2. The van der Waals surface area contributed by atoms with Gasteiger partial charge in [0, 0.05) is 28.5 Å². The molecule has 35 heavy (non-hydrogen) atoms. The first-order valence-corrected chi connectivity index (χ1v) is 10.5. The summed E-state index contributed by atoms with van der Waals surface area (Å²) in [5.74, 6) is -8.95. The van der Waals surface area contributed by atoms with Gasteiger partial charge in [0.2, 0.25) is 0 Å². The smallest absolute Gasteiger partial charge is 0.170 e. The van der Waals surface area contributed by atoms with Crippen molar-refractivity contribution in [2.24, 2.45) is 0 Å². The third-order valence-electron chi connectivity index (χ3n) is 5.63. The molecule has 0 atom stereocenters. The lowest BCUT2D eigenvalue weighted by Crippen LogP contribution is -2.10. The number of aryl methyl sites for hydroxylation is 1. The van der Waals surface area contributed by atoms with Gasteiger partial charge in [0.25, 0.3) is 0 Å². The number of rotatable bonds is 4. The predicted molar refractivity (Wildman–Crippen MR) is 121 cm³/mol. The maximum Gasteiger partial charge on any atom is 0.170 e. The Morgan fingerprint density at radius 1 is 0.771 bits per heavy atom. The lowest BCUT2D eigenvalue weighted by atomic mass is 9.87. The first-order chi connectivity index (χ1) is 16.6. The summed E-state index contributed by atoms with van der Waals surface area (Å²) in [5.41, 5.74) is -1.58. The Morgan fingerprint density at radius 3 is 2.06 bits per heavy atom. The minimum absolute atomic E-state index is 0.00294. The number of nitrogens with one attached hydrogen (secondary N) is 1. The maximum absolute atomic E-state index is 15.2. The number of hydrogen-bond donors (Lipinski definition) is 1. The standard InChI is InChI=1S/C27H18F7N/c1-13-6-8-20(35-21-9-7-17(29)12-19(21)30)18(10-13)22(15-4-3-5-16(28)11-15)23-26(33)24(31)14(2)25(32)27(23)34/h3,5-12,35H,4H2,1-2H3/b22-15-. The molecule has 3 aromatic carbocycles. The lowest BCUT2D eigenvalue weighted by molar-refractivity contribution is 0.441. The SMILES string of the molecule is Cc1ccc(Nc2ccc(F)cc2F)c(/C(=C2/C=C(F)C=CC2)c2c(F)c(F)c(C)c(F)c2F)c1. The molecule has 0 saturated carbocycles. The Balaban J connectivity index is 2.05. The van der Waals surface area contributed by atoms with Crippen LogP contribution in [0.4, 0.5) is 42.1 Å². The number of anilines is 2. The zero-order chi connectivity index (χ0) is 25.4. The van der Waals surface area contributed by atoms with Crippen molar-refractivity contribution >= 4 is 16.9 Å². The second-order valence-electron chi connectivity index (χ2n) is 8.09. The topological polar surface area (TPSA) is 12.0 Å². The van der Waals surface area contributed by atoms with Gasteiger partial charge < -0.3 is 5.32 Å². The van der Waals surface area contributed by atoms with Crippen LogP contribution in [0.15, 0.2) is 66.0 Å². The van der Waals surface area contributed by atoms with Crippen molar-refractivity contribution in [2.75, 3.05) is 5.32 Å². The zero-order valence-electron chi connectivity index (χ0n) is 18.5. The average Bonchev–Trinajstić information content (AvgIpc) is 2.82. The fourth-order valence-corrected chi connectivity index (χ4v) is 3.89. The molecule has 8 heteroatoms. The third-order valence-corrected chi connectivity index (χ3v) is 5.63. The van der Waals surface area contributed by atoms with Gasteiger partial charge in [-0.1, -0.05) is 17.7 Å². The molecule has 180 valence electrons. The minimum Gasteiger partial charge on any atom is -0.353 e. The van der Waals surface area contributed by atoms with E-state index in [0.717, 1.165) is 31.2 Å². The van der Waals surface area contributed by atoms with E-state index in [0.29, 0.717) is 11.6 Å². The van der Waals surface area contributed by atoms with Gasteiger partial charge in [-0.05, 0) is 62.3 Å². The highest BCUT2D eigenvalue weighted by Gasteiger charge is 2.29. The second-order valence-corrected chi connectivity index (χ2v) is 8.09. The quantitative estimate of drug-likeness (QED) is 0.286. The molecule has 0 radical (unpaired) electrons. The minimum atomic E-state index is -1.65. The molecule has 1 N–H and O–H groups in total. The summed E-state index contributed by atoms with van der Waals surface area (Å²) in [4.78, 5) is 0. The van der Waals surface area contributed by atoms with Crippen molar-refractivity contribution < 1.29 is 30.7 Å². The number of hydrogen-bond acceptors (Lipinski definition) is 1. The van der Waals surface area contributed by atoms with Gasteiger partial charge in [0.15, 0.2) is 23.3 Å². The first-order valence-electron chi connectivity index (χ1n) is 10.5. The van der Waals surface area contributed by atoms with Gasteiger partial charge in [-0.15, -0.1) is 0 Å². The molecule has 3 aromatic rings. The summed E-state index contributed by atoms with van der Waals surface area (Å²) in [6.07, 6.45) is 3.54. The summed E-state index contributed by atoms with van der Waals surface area (Å²) in [5, 5.41) is 2.73. The number of allylic oxidation sites excluding steroid dienone is 5. The van der Waals surface area contributed by atoms with Crippen molar-refractivity contribution in [2.45, 2.75) is 20.3 Å². The number of benzene rings is 3. The van der Waals surface area contributed by atoms with Crippen molar-refractivity contribution in [3.05, 3.63) is 123 Å². The zero-order valence-corrected chi connectivity index (χ0v) is 18.5. The molecule has 0 saturated heterocycles. The molecule has 0 spiro atoms. The molecule has 0 unspecified atom stereocenters. The molecular formula is C27H18F7N. The summed E-state index contributed by atoms with van der Waals surface area (Å²) >= 11 is 0. The van der Waals surface area contributed by atoms with Crippen molar-refractivity contribution in [3.63, 3.8) is 0 Å². The monoisotopic (exact) mass is 489 g/mol. The average molecular weight is 489 g/mol. The number of halogens is 7. The maximum atomic E-state index is 15.2. The van der Waals surface area contributed by atoms with E-state index in [2.05, 4.69) is 5.32 Å². The molecule has 0 amide bonds. The molecule has 0 aliphatic heterocycles. The van der Waals surface area contributed by atoms with Crippen LogP contribution in [-0.4, -0.2) is 0 Å². The molecule has 0 bridgehead atoms. The van der Waals surface area contributed by atoms with E-state index >= 15 is 8.78 Å². The first kappa shape index (κ1) is 24.3. The van der Waals surface area contributed by atoms with Crippen molar-refractivity contribution in [1.29, 1.82) is 0 Å².